The highest BCUT2D eigenvalue weighted by molar-refractivity contribution is 5.80. The van der Waals surface area contributed by atoms with Gasteiger partial charge in [0.1, 0.15) is 11.3 Å². The zero-order valence-corrected chi connectivity index (χ0v) is 15.5. The van der Waals surface area contributed by atoms with Gasteiger partial charge in [-0.15, -0.1) is 0 Å². The Morgan fingerprint density at radius 3 is 2.52 bits per heavy atom. The van der Waals surface area contributed by atoms with Gasteiger partial charge in [-0.1, -0.05) is 18.2 Å². The topological polar surface area (TPSA) is 67.0 Å². The quantitative estimate of drug-likeness (QED) is 0.749. The second kappa shape index (κ2) is 8.67. The fourth-order valence-electron chi connectivity index (χ4n) is 2.86. The van der Waals surface area contributed by atoms with Crippen LogP contribution < -0.4 is 10.2 Å². The molecule has 0 spiro atoms. The van der Waals surface area contributed by atoms with Gasteiger partial charge in [0.05, 0.1) is 13.1 Å². The highest BCUT2D eigenvalue weighted by Gasteiger charge is 2.20. The molecule has 0 bridgehead atoms. The zero-order valence-electron chi connectivity index (χ0n) is 15.5. The molecule has 0 saturated carbocycles. The molecule has 1 heterocycles. The van der Waals surface area contributed by atoms with Crippen molar-refractivity contribution in [2.45, 2.75) is 26.8 Å². The lowest BCUT2D eigenvalue weighted by Gasteiger charge is -2.21. The standard InChI is InChI=1S/C19H27N3O3/c1-5-22(6-2)19(24)13-21(4)12-18(23)20-14(3)17-11-15-9-7-8-10-16(15)25-17/h7-11,14H,5-6,12-13H2,1-4H3,(H,20,23)/p+1/t14-/m1/s1. The summed E-state index contributed by atoms with van der Waals surface area (Å²) in [7, 11) is 1.85. The van der Waals surface area contributed by atoms with Crippen molar-refractivity contribution in [3.63, 3.8) is 0 Å². The van der Waals surface area contributed by atoms with Crippen LogP contribution in [0.25, 0.3) is 11.0 Å². The number of carbonyl (C=O) groups is 2. The summed E-state index contributed by atoms with van der Waals surface area (Å²) in [6, 6.07) is 9.49. The van der Waals surface area contributed by atoms with Gasteiger partial charge < -0.3 is 19.5 Å². The van der Waals surface area contributed by atoms with Crippen molar-refractivity contribution in [3.8, 4) is 0 Å². The van der Waals surface area contributed by atoms with E-state index in [1.165, 1.54) is 0 Å². The lowest BCUT2D eigenvalue weighted by atomic mass is 10.2. The maximum absolute atomic E-state index is 12.2. The molecule has 6 heteroatoms. The van der Waals surface area contributed by atoms with Gasteiger partial charge in [0.15, 0.2) is 13.1 Å². The van der Waals surface area contributed by atoms with Crippen molar-refractivity contribution in [2.24, 2.45) is 0 Å². The highest BCUT2D eigenvalue weighted by atomic mass is 16.3. The van der Waals surface area contributed by atoms with Crippen molar-refractivity contribution >= 4 is 22.8 Å². The Morgan fingerprint density at radius 1 is 1.20 bits per heavy atom. The number of rotatable bonds is 8. The van der Waals surface area contributed by atoms with E-state index >= 15 is 0 Å². The van der Waals surface area contributed by atoms with E-state index in [1.807, 2.05) is 58.2 Å². The van der Waals surface area contributed by atoms with Crippen LogP contribution in [-0.4, -0.2) is 49.9 Å². The maximum atomic E-state index is 12.2. The molecule has 0 fully saturated rings. The van der Waals surface area contributed by atoms with E-state index in [-0.39, 0.29) is 24.4 Å². The molecule has 2 atom stereocenters. The van der Waals surface area contributed by atoms with Gasteiger partial charge >= 0.3 is 0 Å². The first-order chi connectivity index (χ1) is 11.9. The molecule has 1 aromatic heterocycles. The van der Waals surface area contributed by atoms with Gasteiger partial charge in [0.25, 0.3) is 11.8 Å². The van der Waals surface area contributed by atoms with Gasteiger partial charge in [0.2, 0.25) is 0 Å². The second-order valence-corrected chi connectivity index (χ2v) is 6.35. The molecule has 0 aliphatic heterocycles. The second-order valence-electron chi connectivity index (χ2n) is 6.35. The number of fused-ring (bicyclic) bond motifs is 1. The Morgan fingerprint density at radius 2 is 1.88 bits per heavy atom. The number of hydrogen-bond acceptors (Lipinski definition) is 3. The van der Waals surface area contributed by atoms with Gasteiger partial charge in [0, 0.05) is 18.5 Å². The van der Waals surface area contributed by atoms with E-state index in [0.29, 0.717) is 19.6 Å². The van der Waals surface area contributed by atoms with Crippen molar-refractivity contribution in [3.05, 3.63) is 36.1 Å². The van der Waals surface area contributed by atoms with Crippen LogP contribution in [0.4, 0.5) is 0 Å². The SMILES string of the molecule is CCN(CC)C(=O)C[NH+](C)CC(=O)N[C@H](C)c1cc2ccccc2o1. The summed E-state index contributed by atoms with van der Waals surface area (Å²) in [5.41, 5.74) is 0.811. The Balaban J connectivity index is 1.87. The molecule has 25 heavy (non-hydrogen) atoms. The number of hydrogen-bond donors (Lipinski definition) is 2. The molecule has 2 N–H and O–H groups in total. The monoisotopic (exact) mass is 346 g/mol. The molecule has 1 aromatic carbocycles. The predicted molar refractivity (Wildman–Crippen MR) is 97.3 cm³/mol. The van der Waals surface area contributed by atoms with Crippen LogP contribution in [0.3, 0.4) is 0 Å². The van der Waals surface area contributed by atoms with E-state index in [4.69, 9.17) is 4.42 Å². The first-order valence-corrected chi connectivity index (χ1v) is 8.81. The van der Waals surface area contributed by atoms with Gasteiger partial charge in [-0.2, -0.15) is 0 Å². The van der Waals surface area contributed by atoms with Crippen LogP contribution in [0.15, 0.2) is 34.7 Å². The molecule has 2 amide bonds. The summed E-state index contributed by atoms with van der Waals surface area (Å²) >= 11 is 0. The van der Waals surface area contributed by atoms with Gasteiger partial charge in [-0.3, -0.25) is 9.59 Å². The number of nitrogens with one attached hydrogen (secondary N) is 2. The van der Waals surface area contributed by atoms with Gasteiger partial charge in [-0.25, -0.2) is 0 Å². The molecule has 2 rings (SSSR count). The van der Waals surface area contributed by atoms with Crippen LogP contribution in [-0.2, 0) is 9.59 Å². The molecule has 1 unspecified atom stereocenters. The third kappa shape index (κ3) is 5.06. The summed E-state index contributed by atoms with van der Waals surface area (Å²) in [4.78, 5) is 27.0. The summed E-state index contributed by atoms with van der Waals surface area (Å²) in [6.45, 7) is 7.75. The molecule has 0 aliphatic carbocycles. The molecule has 6 nitrogen and oxygen atoms in total. The molecular formula is C19H28N3O3+. The van der Waals surface area contributed by atoms with Crippen molar-refractivity contribution in [1.29, 1.82) is 0 Å². The highest BCUT2D eigenvalue weighted by Crippen LogP contribution is 2.23. The van der Waals surface area contributed by atoms with E-state index in [9.17, 15) is 9.59 Å². The lowest BCUT2D eigenvalue weighted by Crippen LogP contribution is -3.11. The minimum atomic E-state index is -0.216. The number of quaternary nitrogens is 1. The molecule has 0 aliphatic rings. The number of carbonyl (C=O) groups excluding carboxylic acids is 2. The number of nitrogens with zero attached hydrogens (tertiary/aromatic N) is 1. The predicted octanol–water partition coefficient (Wildman–Crippen LogP) is 0.993. The van der Waals surface area contributed by atoms with Crippen molar-refractivity contribution in [1.82, 2.24) is 10.2 Å². The number of para-hydroxylation sites is 1. The Kier molecular flexibility index (Phi) is 6.58. The molecule has 2 aromatic rings. The average molecular weight is 346 g/mol. The van der Waals surface area contributed by atoms with E-state index in [0.717, 1.165) is 21.6 Å². The van der Waals surface area contributed by atoms with Crippen molar-refractivity contribution in [2.75, 3.05) is 33.2 Å². The third-order valence-corrected chi connectivity index (χ3v) is 4.28. The maximum Gasteiger partial charge on any atom is 0.277 e. The molecule has 0 saturated heterocycles. The van der Waals surface area contributed by atoms with E-state index in [1.54, 1.807) is 4.90 Å². The number of likely N-dealkylation sites (N-methyl/N-ethyl adjacent to an activating group) is 2. The molecule has 136 valence electrons. The van der Waals surface area contributed by atoms with E-state index < -0.39 is 0 Å². The fourth-order valence-corrected chi connectivity index (χ4v) is 2.86. The minimum Gasteiger partial charge on any atom is -0.459 e. The van der Waals surface area contributed by atoms with Crippen LogP contribution in [0, 0.1) is 0 Å². The minimum absolute atomic E-state index is 0.0700. The van der Waals surface area contributed by atoms with Crippen LogP contribution in [0.2, 0.25) is 0 Å². The first kappa shape index (κ1) is 19.0. The van der Waals surface area contributed by atoms with Crippen LogP contribution in [0.1, 0.15) is 32.6 Å². The number of benzene rings is 1. The van der Waals surface area contributed by atoms with Crippen molar-refractivity contribution < 1.29 is 18.9 Å². The Bertz CT molecular complexity index is 689. The van der Waals surface area contributed by atoms with Gasteiger partial charge in [-0.05, 0) is 32.9 Å². The number of amides is 2. The number of furan rings is 1. The summed E-state index contributed by atoms with van der Waals surface area (Å²) < 4.78 is 5.78. The Hall–Kier alpha value is -2.34. The smallest absolute Gasteiger partial charge is 0.277 e. The summed E-state index contributed by atoms with van der Waals surface area (Å²) in [6.07, 6.45) is 0. The fraction of sp³-hybridized carbons (Fsp3) is 0.474. The molecular weight excluding hydrogens is 318 g/mol. The molecule has 0 radical (unpaired) electrons. The van der Waals surface area contributed by atoms with Crippen LogP contribution >= 0.6 is 0 Å². The van der Waals surface area contributed by atoms with E-state index in [2.05, 4.69) is 5.32 Å². The average Bonchev–Trinajstić information content (AvgIpc) is 2.99. The largest absolute Gasteiger partial charge is 0.459 e. The normalized spacial score (nSPS) is 13.4. The lowest BCUT2D eigenvalue weighted by molar-refractivity contribution is -0.863. The van der Waals surface area contributed by atoms with Crippen LogP contribution in [0.5, 0.6) is 0 Å². The summed E-state index contributed by atoms with van der Waals surface area (Å²) in [5.74, 6) is 0.699. The summed E-state index contributed by atoms with van der Waals surface area (Å²) in [5, 5.41) is 3.96. The first-order valence-electron chi connectivity index (χ1n) is 8.81. The zero-order chi connectivity index (χ0) is 18.4. The Labute approximate surface area is 148 Å². The third-order valence-electron chi connectivity index (χ3n) is 4.28.